The summed E-state index contributed by atoms with van der Waals surface area (Å²) in [5.74, 6) is 2.94. The van der Waals surface area contributed by atoms with Crippen LogP contribution in [0.2, 0.25) is 0 Å². The molecule has 6 aromatic carbocycles. The molecular formula is C64H69Br3N6O7. The lowest BCUT2D eigenvalue weighted by Gasteiger charge is -2.28. The molecule has 3 atom stereocenters. The van der Waals surface area contributed by atoms with Gasteiger partial charge in [0, 0.05) is 83.1 Å². The molecule has 8 rings (SSSR count). The molecule has 8 aromatic rings. The van der Waals surface area contributed by atoms with Gasteiger partial charge in [0.15, 0.2) is 0 Å². The van der Waals surface area contributed by atoms with Crippen molar-refractivity contribution in [2.75, 3.05) is 27.2 Å². The SMILES string of the molecule is CCCC(c1ccc(Br)cc1)c1ccc(Oc2cnccn2)cc1.CN(CC(c1ccc(Br)cc1)c1ccc(Oc2cnccn2)cc1)C(=O)OC(C)(C)C.CN(CC(c1ccc(O)cc1)c1ccc(Br)cc1)C(=O)OC(C)(C)C. The predicted molar refractivity (Wildman–Crippen MR) is 326 cm³/mol. The average molecular weight is 1270 g/mol. The molecule has 2 amide bonds. The zero-order valence-corrected chi connectivity index (χ0v) is 51.4. The Bertz CT molecular complexity index is 3080. The fourth-order valence-corrected chi connectivity index (χ4v) is 9.04. The maximum atomic E-state index is 12.5. The van der Waals surface area contributed by atoms with Gasteiger partial charge < -0.3 is 33.9 Å². The average Bonchev–Trinajstić information content (AvgIpc) is 3.43. The molecule has 2 heterocycles. The van der Waals surface area contributed by atoms with Gasteiger partial charge in [0.05, 0.1) is 12.4 Å². The largest absolute Gasteiger partial charge is 0.508 e. The van der Waals surface area contributed by atoms with Gasteiger partial charge in [0.2, 0.25) is 11.8 Å². The van der Waals surface area contributed by atoms with E-state index in [1.165, 1.54) is 11.1 Å². The van der Waals surface area contributed by atoms with Crippen LogP contribution in [0.1, 0.15) is 112 Å². The van der Waals surface area contributed by atoms with Crippen molar-refractivity contribution in [2.24, 2.45) is 0 Å². The molecule has 0 bridgehead atoms. The summed E-state index contributed by atoms with van der Waals surface area (Å²) in [7, 11) is 3.49. The number of amides is 2. The molecule has 0 radical (unpaired) electrons. The van der Waals surface area contributed by atoms with Crippen molar-refractivity contribution in [3.8, 4) is 29.0 Å². The summed E-state index contributed by atoms with van der Waals surface area (Å²) in [4.78, 5) is 44.3. The molecule has 0 saturated heterocycles. The molecule has 0 spiro atoms. The van der Waals surface area contributed by atoms with Crippen molar-refractivity contribution in [3.63, 3.8) is 0 Å². The number of phenols is 1. The highest BCUT2D eigenvalue weighted by Crippen LogP contribution is 2.34. The predicted octanol–water partition coefficient (Wildman–Crippen LogP) is 17.1. The van der Waals surface area contributed by atoms with Crippen LogP contribution in [0.4, 0.5) is 9.59 Å². The lowest BCUT2D eigenvalue weighted by Crippen LogP contribution is -2.36. The van der Waals surface area contributed by atoms with Crippen molar-refractivity contribution < 1.29 is 33.6 Å². The van der Waals surface area contributed by atoms with E-state index in [1.54, 1.807) is 73.2 Å². The molecule has 1 N–H and O–H groups in total. The van der Waals surface area contributed by atoms with E-state index in [9.17, 15) is 14.7 Å². The standard InChI is InChI=1S/C24H26BrN3O3.C20H19BrN2O.C20H24BrNO3/c1-24(2,3)31-23(29)28(4)16-21(17-5-9-19(25)10-6-17)18-7-11-20(12-8-18)30-22-15-26-13-14-27-22;1-2-3-19(15-4-8-17(21)9-5-15)16-6-10-18(11-7-16)24-20-14-22-12-13-23-20;1-20(2,3)25-19(24)22(4)13-18(14-5-9-16(21)10-6-14)15-7-11-17(23)12-8-15/h5-15,21H,16H2,1-4H3;4-14,19H,2-3H2,1H3;5-12,18,23H,13H2,1-4H3. The minimum absolute atomic E-state index is 0.0220. The molecule has 0 saturated carbocycles. The first kappa shape index (κ1) is 62.1. The van der Waals surface area contributed by atoms with Gasteiger partial charge in [-0.25, -0.2) is 19.6 Å². The van der Waals surface area contributed by atoms with Gasteiger partial charge in [-0.3, -0.25) is 9.97 Å². The lowest BCUT2D eigenvalue weighted by molar-refractivity contribution is 0.0283. The monoisotopic (exact) mass is 1270 g/mol. The van der Waals surface area contributed by atoms with Crippen LogP contribution < -0.4 is 9.47 Å². The highest BCUT2D eigenvalue weighted by molar-refractivity contribution is 9.11. The minimum Gasteiger partial charge on any atom is -0.508 e. The van der Waals surface area contributed by atoms with Crippen LogP contribution in [0.15, 0.2) is 196 Å². The molecule has 80 heavy (non-hydrogen) atoms. The lowest BCUT2D eigenvalue weighted by atomic mass is 9.88. The number of hydrogen-bond acceptors (Lipinski definition) is 11. The third-order valence-electron chi connectivity index (χ3n) is 12.1. The Morgan fingerprint density at radius 2 is 0.775 bits per heavy atom. The number of hydrogen-bond donors (Lipinski definition) is 1. The van der Waals surface area contributed by atoms with Gasteiger partial charge in [-0.15, -0.1) is 0 Å². The number of benzene rings is 6. The van der Waals surface area contributed by atoms with Crippen molar-refractivity contribution in [1.82, 2.24) is 29.7 Å². The first-order valence-corrected chi connectivity index (χ1v) is 28.5. The minimum atomic E-state index is -0.544. The highest BCUT2D eigenvalue weighted by Gasteiger charge is 2.26. The molecule has 16 heteroatoms. The third-order valence-corrected chi connectivity index (χ3v) is 13.7. The third kappa shape index (κ3) is 20.5. The van der Waals surface area contributed by atoms with Crippen LogP contribution in [0, 0.1) is 0 Å². The fourth-order valence-electron chi connectivity index (χ4n) is 8.24. The summed E-state index contributed by atoms with van der Waals surface area (Å²) < 4.78 is 25.5. The van der Waals surface area contributed by atoms with Crippen molar-refractivity contribution >= 4 is 60.0 Å². The van der Waals surface area contributed by atoms with Crippen LogP contribution in [-0.2, 0) is 9.47 Å². The first-order valence-electron chi connectivity index (χ1n) is 26.1. The number of carbonyl (C=O) groups is 2. The zero-order valence-electron chi connectivity index (χ0n) is 46.6. The van der Waals surface area contributed by atoms with Crippen LogP contribution in [0.3, 0.4) is 0 Å². The Morgan fingerprint density at radius 3 is 1.06 bits per heavy atom. The highest BCUT2D eigenvalue weighted by atomic mass is 79.9. The second-order valence-corrected chi connectivity index (χ2v) is 23.6. The van der Waals surface area contributed by atoms with Gasteiger partial charge in [0.1, 0.15) is 28.5 Å². The number of aromatic hydroxyl groups is 1. The Balaban J connectivity index is 0.000000196. The maximum Gasteiger partial charge on any atom is 0.410 e. The molecule has 0 fully saturated rings. The Kier molecular flexibility index (Phi) is 23.2. The molecule has 0 aliphatic carbocycles. The summed E-state index contributed by atoms with van der Waals surface area (Å²) in [6.07, 6.45) is 11.2. The number of aromatic nitrogens is 4. The van der Waals surface area contributed by atoms with Crippen molar-refractivity contribution in [2.45, 2.75) is 90.3 Å². The summed E-state index contributed by atoms with van der Waals surface area (Å²) in [6.45, 7) is 14.3. The van der Waals surface area contributed by atoms with E-state index in [-0.39, 0.29) is 29.8 Å². The molecule has 0 aliphatic rings. The maximum absolute atomic E-state index is 12.5. The Morgan fingerprint density at radius 1 is 0.475 bits per heavy atom. The number of halogens is 3. The van der Waals surface area contributed by atoms with E-state index in [0.717, 1.165) is 54.3 Å². The molecule has 418 valence electrons. The van der Waals surface area contributed by atoms with E-state index >= 15 is 0 Å². The number of ether oxygens (including phenoxy) is 4. The number of phenolic OH excluding ortho intramolecular Hbond substituents is 1. The summed E-state index contributed by atoms with van der Waals surface area (Å²) in [5, 5.41) is 9.55. The van der Waals surface area contributed by atoms with Gasteiger partial charge in [0.25, 0.3) is 0 Å². The Labute approximate surface area is 496 Å². The topological polar surface area (TPSA) is 149 Å². The fraction of sp³-hybridized carbons (Fsp3) is 0.281. The van der Waals surface area contributed by atoms with E-state index in [4.69, 9.17) is 18.9 Å². The van der Waals surface area contributed by atoms with Gasteiger partial charge >= 0.3 is 12.2 Å². The van der Waals surface area contributed by atoms with Crippen molar-refractivity contribution in [1.29, 1.82) is 0 Å². The second kappa shape index (κ2) is 29.9. The van der Waals surface area contributed by atoms with Gasteiger partial charge in [-0.05, 0) is 154 Å². The van der Waals surface area contributed by atoms with Crippen LogP contribution in [0.5, 0.6) is 29.0 Å². The smallest absolute Gasteiger partial charge is 0.410 e. The summed E-state index contributed by atoms with van der Waals surface area (Å²) in [6, 6.07) is 47.8. The van der Waals surface area contributed by atoms with E-state index in [0.29, 0.717) is 36.5 Å². The van der Waals surface area contributed by atoms with Crippen LogP contribution >= 0.6 is 47.8 Å². The normalized spacial score (nSPS) is 12.2. The summed E-state index contributed by atoms with van der Waals surface area (Å²) in [5.41, 5.74) is 5.83. The molecule has 0 aliphatic heterocycles. The van der Waals surface area contributed by atoms with E-state index < -0.39 is 11.2 Å². The molecule has 3 unspecified atom stereocenters. The van der Waals surface area contributed by atoms with Crippen LogP contribution in [-0.4, -0.2) is 85.4 Å². The zero-order chi connectivity index (χ0) is 57.8. The van der Waals surface area contributed by atoms with E-state index in [1.807, 2.05) is 126 Å². The quantitative estimate of drug-likeness (QED) is 0.0985. The molecule has 13 nitrogen and oxygen atoms in total. The van der Waals surface area contributed by atoms with E-state index in [2.05, 4.69) is 123 Å². The number of carbonyl (C=O) groups excluding carboxylic acids is 2. The Hall–Kier alpha value is -7.14. The molecular weight excluding hydrogens is 1200 g/mol. The summed E-state index contributed by atoms with van der Waals surface area (Å²) >= 11 is 10.4. The first-order chi connectivity index (χ1) is 38.1. The van der Waals surface area contributed by atoms with Gasteiger partial charge in [-0.2, -0.15) is 0 Å². The van der Waals surface area contributed by atoms with Crippen molar-refractivity contribution in [3.05, 3.63) is 230 Å². The van der Waals surface area contributed by atoms with Crippen LogP contribution in [0.25, 0.3) is 0 Å². The molecule has 2 aromatic heterocycles. The second-order valence-electron chi connectivity index (χ2n) is 20.8. The number of nitrogens with zero attached hydrogens (tertiary/aromatic N) is 6. The number of likely N-dealkylation sites (N-methyl/N-ethyl adjacent to an activating group) is 2. The number of rotatable bonds is 16. The van der Waals surface area contributed by atoms with Gasteiger partial charge in [-0.1, -0.05) is 134 Å².